The Kier molecular flexibility index (Phi) is 3.06. The predicted octanol–water partition coefficient (Wildman–Crippen LogP) is 3.76. The van der Waals surface area contributed by atoms with Crippen molar-refractivity contribution in [2.24, 2.45) is 5.73 Å². The molecule has 1 aliphatic heterocycles. The SMILES string of the molecule is Cc1ccc(C(N)c2ccc3c(c2)CC(C)(C)O3)cc1. The van der Waals surface area contributed by atoms with Crippen molar-refractivity contribution in [3.63, 3.8) is 0 Å². The van der Waals surface area contributed by atoms with Gasteiger partial charge in [0.05, 0.1) is 6.04 Å². The van der Waals surface area contributed by atoms with Gasteiger partial charge in [0.15, 0.2) is 0 Å². The van der Waals surface area contributed by atoms with Crippen LogP contribution in [0.2, 0.25) is 0 Å². The summed E-state index contributed by atoms with van der Waals surface area (Å²) >= 11 is 0. The molecule has 2 N–H and O–H groups in total. The number of nitrogens with two attached hydrogens (primary N) is 1. The normalized spacial score (nSPS) is 17.4. The number of rotatable bonds is 2. The Bertz CT molecular complexity index is 628. The minimum absolute atomic E-state index is 0.0791. The smallest absolute Gasteiger partial charge is 0.123 e. The number of ether oxygens (including phenoxy) is 1. The van der Waals surface area contributed by atoms with Crippen LogP contribution in [-0.4, -0.2) is 5.60 Å². The van der Waals surface area contributed by atoms with Crippen LogP contribution >= 0.6 is 0 Å². The molecule has 0 amide bonds. The molecule has 0 aliphatic carbocycles. The van der Waals surface area contributed by atoms with Crippen LogP contribution in [0.3, 0.4) is 0 Å². The molecule has 0 spiro atoms. The van der Waals surface area contributed by atoms with E-state index in [1.807, 2.05) is 6.07 Å². The fraction of sp³-hybridized carbons (Fsp3) is 0.333. The molecular weight excluding hydrogens is 246 g/mol. The Morgan fingerprint density at radius 1 is 1.05 bits per heavy atom. The summed E-state index contributed by atoms with van der Waals surface area (Å²) in [5.74, 6) is 0.995. The molecule has 1 unspecified atom stereocenters. The Hall–Kier alpha value is -1.80. The molecule has 1 aliphatic rings. The van der Waals surface area contributed by atoms with Crippen LogP contribution < -0.4 is 10.5 Å². The molecule has 3 rings (SSSR count). The molecule has 0 saturated carbocycles. The summed E-state index contributed by atoms with van der Waals surface area (Å²) in [4.78, 5) is 0. The number of hydrogen-bond acceptors (Lipinski definition) is 2. The van der Waals surface area contributed by atoms with Crippen molar-refractivity contribution in [3.8, 4) is 5.75 Å². The van der Waals surface area contributed by atoms with Crippen molar-refractivity contribution in [1.29, 1.82) is 0 Å². The van der Waals surface area contributed by atoms with Gasteiger partial charge in [-0.2, -0.15) is 0 Å². The summed E-state index contributed by atoms with van der Waals surface area (Å²) in [5.41, 5.74) is 11.1. The first-order valence-electron chi connectivity index (χ1n) is 7.09. The van der Waals surface area contributed by atoms with Crippen molar-refractivity contribution in [2.75, 3.05) is 0 Å². The lowest BCUT2D eigenvalue weighted by atomic mass is 9.95. The summed E-state index contributed by atoms with van der Waals surface area (Å²) in [6.45, 7) is 6.32. The van der Waals surface area contributed by atoms with Crippen LogP contribution in [-0.2, 0) is 6.42 Å². The van der Waals surface area contributed by atoms with Crippen LogP contribution in [0.1, 0.15) is 42.1 Å². The zero-order valence-electron chi connectivity index (χ0n) is 12.3. The Labute approximate surface area is 120 Å². The molecule has 0 bridgehead atoms. The highest BCUT2D eigenvalue weighted by Gasteiger charge is 2.30. The lowest BCUT2D eigenvalue weighted by molar-refractivity contribution is 0.138. The molecule has 2 nitrogen and oxygen atoms in total. The maximum Gasteiger partial charge on any atom is 0.123 e. The number of aryl methyl sites for hydroxylation is 1. The Morgan fingerprint density at radius 3 is 2.40 bits per heavy atom. The van der Waals surface area contributed by atoms with E-state index in [2.05, 4.69) is 57.2 Å². The minimum atomic E-state index is -0.102. The second-order valence-electron chi connectivity index (χ2n) is 6.29. The third-order valence-corrected chi connectivity index (χ3v) is 3.88. The number of hydrogen-bond donors (Lipinski definition) is 1. The molecule has 2 aromatic rings. The zero-order valence-corrected chi connectivity index (χ0v) is 12.3. The topological polar surface area (TPSA) is 35.2 Å². The van der Waals surface area contributed by atoms with E-state index >= 15 is 0 Å². The first-order chi connectivity index (χ1) is 9.44. The van der Waals surface area contributed by atoms with Crippen LogP contribution in [0.5, 0.6) is 5.75 Å². The largest absolute Gasteiger partial charge is 0.487 e. The lowest BCUT2D eigenvalue weighted by Crippen LogP contribution is -2.24. The monoisotopic (exact) mass is 267 g/mol. The Balaban J connectivity index is 1.90. The van der Waals surface area contributed by atoms with Gasteiger partial charge < -0.3 is 10.5 Å². The molecule has 2 aromatic carbocycles. The molecule has 1 atom stereocenters. The van der Waals surface area contributed by atoms with Gasteiger partial charge in [-0.05, 0) is 43.5 Å². The highest BCUT2D eigenvalue weighted by molar-refractivity contribution is 5.44. The maximum atomic E-state index is 6.39. The van der Waals surface area contributed by atoms with Gasteiger partial charge in [0, 0.05) is 6.42 Å². The van der Waals surface area contributed by atoms with Gasteiger partial charge in [0.2, 0.25) is 0 Å². The van der Waals surface area contributed by atoms with E-state index in [4.69, 9.17) is 10.5 Å². The first kappa shape index (κ1) is 13.2. The molecular formula is C18H21NO. The molecule has 1 heterocycles. The quantitative estimate of drug-likeness (QED) is 0.899. The van der Waals surface area contributed by atoms with E-state index in [-0.39, 0.29) is 11.6 Å². The first-order valence-corrected chi connectivity index (χ1v) is 7.09. The van der Waals surface area contributed by atoms with E-state index in [0.717, 1.165) is 23.3 Å². The van der Waals surface area contributed by atoms with Gasteiger partial charge in [0.25, 0.3) is 0 Å². The van der Waals surface area contributed by atoms with Crippen LogP contribution in [0.15, 0.2) is 42.5 Å². The maximum absolute atomic E-state index is 6.39. The zero-order chi connectivity index (χ0) is 14.3. The molecule has 2 heteroatoms. The molecule has 0 radical (unpaired) electrons. The standard InChI is InChI=1S/C18H21NO/c1-12-4-6-13(7-5-12)17(19)14-8-9-16-15(10-14)11-18(2,3)20-16/h4-10,17H,11,19H2,1-3H3. The van der Waals surface area contributed by atoms with Crippen molar-refractivity contribution < 1.29 is 4.74 Å². The lowest BCUT2D eigenvalue weighted by Gasteiger charge is -2.16. The van der Waals surface area contributed by atoms with E-state index in [9.17, 15) is 0 Å². The summed E-state index contributed by atoms with van der Waals surface area (Å²) < 4.78 is 5.91. The number of fused-ring (bicyclic) bond motifs is 1. The third-order valence-electron chi connectivity index (χ3n) is 3.88. The molecule has 0 saturated heterocycles. The van der Waals surface area contributed by atoms with E-state index in [0.29, 0.717) is 0 Å². The Morgan fingerprint density at radius 2 is 1.70 bits per heavy atom. The van der Waals surface area contributed by atoms with Gasteiger partial charge in [-0.25, -0.2) is 0 Å². The van der Waals surface area contributed by atoms with Crippen LogP contribution in [0, 0.1) is 6.92 Å². The van der Waals surface area contributed by atoms with Gasteiger partial charge in [-0.3, -0.25) is 0 Å². The van der Waals surface area contributed by atoms with Gasteiger partial charge in [-0.1, -0.05) is 42.0 Å². The van der Waals surface area contributed by atoms with Gasteiger partial charge in [-0.15, -0.1) is 0 Å². The average Bonchev–Trinajstić information content (AvgIpc) is 2.71. The molecule has 0 fully saturated rings. The summed E-state index contributed by atoms with van der Waals surface area (Å²) in [7, 11) is 0. The molecule has 0 aromatic heterocycles. The van der Waals surface area contributed by atoms with E-state index in [1.165, 1.54) is 11.1 Å². The van der Waals surface area contributed by atoms with Gasteiger partial charge in [0.1, 0.15) is 11.4 Å². The molecule has 104 valence electrons. The van der Waals surface area contributed by atoms with Crippen LogP contribution in [0.25, 0.3) is 0 Å². The third kappa shape index (κ3) is 2.44. The number of benzene rings is 2. The van der Waals surface area contributed by atoms with Crippen molar-refractivity contribution in [1.82, 2.24) is 0 Å². The van der Waals surface area contributed by atoms with E-state index < -0.39 is 0 Å². The van der Waals surface area contributed by atoms with Gasteiger partial charge >= 0.3 is 0 Å². The average molecular weight is 267 g/mol. The van der Waals surface area contributed by atoms with Crippen molar-refractivity contribution in [3.05, 3.63) is 64.7 Å². The summed E-state index contributed by atoms with van der Waals surface area (Å²) in [6, 6.07) is 14.7. The second kappa shape index (κ2) is 4.64. The van der Waals surface area contributed by atoms with Crippen molar-refractivity contribution in [2.45, 2.75) is 38.8 Å². The molecule has 20 heavy (non-hydrogen) atoms. The highest BCUT2D eigenvalue weighted by atomic mass is 16.5. The highest BCUT2D eigenvalue weighted by Crippen LogP contribution is 2.36. The van der Waals surface area contributed by atoms with Crippen molar-refractivity contribution >= 4 is 0 Å². The van der Waals surface area contributed by atoms with E-state index in [1.54, 1.807) is 0 Å². The second-order valence-corrected chi connectivity index (χ2v) is 6.29. The predicted molar refractivity (Wildman–Crippen MR) is 82.1 cm³/mol. The summed E-state index contributed by atoms with van der Waals surface area (Å²) in [5, 5.41) is 0. The van der Waals surface area contributed by atoms with Crippen LogP contribution in [0.4, 0.5) is 0 Å². The fourth-order valence-corrected chi connectivity index (χ4v) is 2.79. The fourth-order valence-electron chi connectivity index (χ4n) is 2.79. The minimum Gasteiger partial charge on any atom is -0.487 e. The summed E-state index contributed by atoms with van der Waals surface area (Å²) in [6.07, 6.45) is 0.941.